The molecule has 0 bridgehead atoms. The van der Waals surface area contributed by atoms with Crippen molar-refractivity contribution in [2.75, 3.05) is 20.2 Å². The van der Waals surface area contributed by atoms with Gasteiger partial charge in [-0.2, -0.15) is 4.31 Å². The molecule has 1 aliphatic rings. The SMILES string of the molecule is COc1ccc(S(=O)(=O)C2CCN(S(=O)(=O)c3cccc(Cl)c3C)CC2)cc1. The van der Waals surface area contributed by atoms with Crippen LogP contribution in [0, 0.1) is 6.92 Å². The zero-order chi connectivity index (χ0) is 20.5. The molecule has 0 unspecified atom stereocenters. The van der Waals surface area contributed by atoms with Crippen LogP contribution in [0.15, 0.2) is 52.3 Å². The molecule has 1 heterocycles. The Balaban J connectivity index is 1.77. The average Bonchev–Trinajstić information content (AvgIpc) is 2.70. The van der Waals surface area contributed by atoms with Crippen LogP contribution in [0.25, 0.3) is 0 Å². The number of piperidine rings is 1. The number of nitrogens with zero attached hydrogens (tertiary/aromatic N) is 1. The maximum absolute atomic E-state index is 13.0. The van der Waals surface area contributed by atoms with Crippen molar-refractivity contribution < 1.29 is 21.6 Å². The van der Waals surface area contributed by atoms with Gasteiger partial charge in [0, 0.05) is 18.1 Å². The van der Waals surface area contributed by atoms with Crippen LogP contribution in [0.3, 0.4) is 0 Å². The number of benzene rings is 2. The second-order valence-corrected chi connectivity index (χ2v) is 11.2. The number of sulfonamides is 1. The first kappa shape index (κ1) is 21.1. The molecular formula is C19H22ClNO5S2. The van der Waals surface area contributed by atoms with Gasteiger partial charge in [-0.05, 0) is 61.7 Å². The lowest BCUT2D eigenvalue weighted by Gasteiger charge is -2.31. The number of rotatable bonds is 5. The van der Waals surface area contributed by atoms with Crippen LogP contribution in [0.2, 0.25) is 5.02 Å². The summed E-state index contributed by atoms with van der Waals surface area (Å²) < 4.78 is 58.1. The number of hydrogen-bond acceptors (Lipinski definition) is 5. The maximum atomic E-state index is 13.0. The summed E-state index contributed by atoms with van der Waals surface area (Å²) in [5.74, 6) is 0.580. The van der Waals surface area contributed by atoms with Gasteiger partial charge in [0.2, 0.25) is 10.0 Å². The normalized spacial score (nSPS) is 16.8. The van der Waals surface area contributed by atoms with Crippen molar-refractivity contribution in [3.05, 3.63) is 53.1 Å². The zero-order valence-corrected chi connectivity index (χ0v) is 18.0. The minimum absolute atomic E-state index is 0.147. The Morgan fingerprint density at radius 2 is 1.61 bits per heavy atom. The van der Waals surface area contributed by atoms with E-state index in [-0.39, 0.29) is 35.7 Å². The lowest BCUT2D eigenvalue weighted by Crippen LogP contribution is -2.42. The number of methoxy groups -OCH3 is 1. The van der Waals surface area contributed by atoms with E-state index in [0.29, 0.717) is 16.3 Å². The molecule has 1 aliphatic heterocycles. The monoisotopic (exact) mass is 443 g/mol. The highest BCUT2D eigenvalue weighted by Crippen LogP contribution is 2.30. The fourth-order valence-corrected chi connectivity index (χ4v) is 7.03. The lowest BCUT2D eigenvalue weighted by atomic mass is 10.2. The van der Waals surface area contributed by atoms with Gasteiger partial charge in [-0.15, -0.1) is 0 Å². The van der Waals surface area contributed by atoms with Crippen LogP contribution in [0.1, 0.15) is 18.4 Å². The van der Waals surface area contributed by atoms with E-state index in [4.69, 9.17) is 16.3 Å². The molecule has 0 amide bonds. The summed E-state index contributed by atoms with van der Waals surface area (Å²) in [5, 5.41) is -0.231. The molecule has 0 aliphatic carbocycles. The van der Waals surface area contributed by atoms with Crippen molar-refractivity contribution in [3.8, 4) is 5.75 Å². The number of sulfone groups is 1. The largest absolute Gasteiger partial charge is 0.497 e. The summed E-state index contributed by atoms with van der Waals surface area (Å²) in [6.45, 7) is 1.96. The third kappa shape index (κ3) is 3.91. The Morgan fingerprint density at radius 1 is 1.00 bits per heavy atom. The fourth-order valence-electron chi connectivity index (χ4n) is 3.35. The van der Waals surface area contributed by atoms with E-state index in [1.54, 1.807) is 31.2 Å². The smallest absolute Gasteiger partial charge is 0.243 e. The van der Waals surface area contributed by atoms with Gasteiger partial charge in [-0.3, -0.25) is 0 Å². The second kappa shape index (κ2) is 8.02. The first-order chi connectivity index (χ1) is 13.2. The predicted molar refractivity (Wildman–Crippen MR) is 108 cm³/mol. The van der Waals surface area contributed by atoms with Crippen LogP contribution in [-0.4, -0.2) is 46.6 Å². The van der Waals surface area contributed by atoms with E-state index < -0.39 is 25.1 Å². The Morgan fingerprint density at radius 3 is 2.18 bits per heavy atom. The quantitative estimate of drug-likeness (QED) is 0.708. The Kier molecular flexibility index (Phi) is 6.05. The van der Waals surface area contributed by atoms with Crippen LogP contribution in [0.5, 0.6) is 5.75 Å². The molecule has 0 saturated carbocycles. The van der Waals surface area contributed by atoms with Crippen molar-refractivity contribution in [1.29, 1.82) is 0 Å². The standard InChI is InChI=1S/C19H22ClNO5S2/c1-14-18(20)4-3-5-19(14)28(24,25)21-12-10-17(11-13-21)27(22,23)16-8-6-15(26-2)7-9-16/h3-9,17H,10-13H2,1-2H3. The van der Waals surface area contributed by atoms with E-state index in [1.165, 1.54) is 29.6 Å². The minimum Gasteiger partial charge on any atom is -0.497 e. The first-order valence-electron chi connectivity index (χ1n) is 8.81. The van der Waals surface area contributed by atoms with Crippen molar-refractivity contribution in [1.82, 2.24) is 4.31 Å². The molecule has 0 N–H and O–H groups in total. The molecule has 28 heavy (non-hydrogen) atoms. The van der Waals surface area contributed by atoms with Gasteiger partial charge in [0.25, 0.3) is 0 Å². The molecule has 1 saturated heterocycles. The van der Waals surface area contributed by atoms with Gasteiger partial charge in [0.05, 0.1) is 22.2 Å². The van der Waals surface area contributed by atoms with Crippen LogP contribution in [-0.2, 0) is 19.9 Å². The molecule has 0 radical (unpaired) electrons. The summed E-state index contributed by atoms with van der Waals surface area (Å²) in [5.41, 5.74) is 0.497. The molecule has 0 atom stereocenters. The molecule has 2 aromatic rings. The van der Waals surface area contributed by atoms with Crippen molar-refractivity contribution in [3.63, 3.8) is 0 Å². The van der Waals surface area contributed by atoms with E-state index >= 15 is 0 Å². The van der Waals surface area contributed by atoms with Crippen molar-refractivity contribution in [2.45, 2.75) is 34.8 Å². The molecule has 0 aromatic heterocycles. The third-order valence-electron chi connectivity index (χ3n) is 5.06. The van der Waals surface area contributed by atoms with Gasteiger partial charge in [-0.1, -0.05) is 17.7 Å². The lowest BCUT2D eigenvalue weighted by molar-refractivity contribution is 0.345. The number of ether oxygens (including phenoxy) is 1. The Hall–Kier alpha value is -1.61. The van der Waals surface area contributed by atoms with Crippen LogP contribution < -0.4 is 4.74 Å². The fraction of sp³-hybridized carbons (Fsp3) is 0.368. The van der Waals surface area contributed by atoms with E-state index in [0.717, 1.165) is 0 Å². The molecule has 9 heteroatoms. The molecule has 1 fully saturated rings. The van der Waals surface area contributed by atoms with Crippen LogP contribution >= 0.6 is 11.6 Å². The van der Waals surface area contributed by atoms with Gasteiger partial charge in [0.1, 0.15) is 5.75 Å². The topological polar surface area (TPSA) is 80.8 Å². The number of halogens is 1. The van der Waals surface area contributed by atoms with E-state index in [2.05, 4.69) is 0 Å². The summed E-state index contributed by atoms with van der Waals surface area (Å²) in [6.07, 6.45) is 0.487. The first-order valence-corrected chi connectivity index (χ1v) is 12.2. The molecular weight excluding hydrogens is 422 g/mol. The van der Waals surface area contributed by atoms with Gasteiger partial charge in [0.15, 0.2) is 9.84 Å². The highest BCUT2D eigenvalue weighted by atomic mass is 35.5. The summed E-state index contributed by atoms with van der Waals surface area (Å²) in [7, 11) is -5.74. The molecule has 152 valence electrons. The van der Waals surface area contributed by atoms with E-state index in [1.807, 2.05) is 0 Å². The Bertz CT molecular complexity index is 1060. The van der Waals surface area contributed by atoms with Gasteiger partial charge >= 0.3 is 0 Å². The van der Waals surface area contributed by atoms with Crippen molar-refractivity contribution in [2.24, 2.45) is 0 Å². The second-order valence-electron chi connectivity index (χ2n) is 6.69. The van der Waals surface area contributed by atoms with Gasteiger partial charge in [-0.25, -0.2) is 16.8 Å². The van der Waals surface area contributed by atoms with Crippen molar-refractivity contribution >= 4 is 31.5 Å². The minimum atomic E-state index is -3.72. The highest BCUT2D eigenvalue weighted by molar-refractivity contribution is 7.92. The van der Waals surface area contributed by atoms with E-state index in [9.17, 15) is 16.8 Å². The molecule has 0 spiro atoms. The molecule has 2 aromatic carbocycles. The third-order valence-corrected chi connectivity index (χ3v) is 9.79. The molecule has 6 nitrogen and oxygen atoms in total. The van der Waals surface area contributed by atoms with Gasteiger partial charge < -0.3 is 4.74 Å². The maximum Gasteiger partial charge on any atom is 0.243 e. The average molecular weight is 444 g/mol. The summed E-state index contributed by atoms with van der Waals surface area (Å²) in [4.78, 5) is 0.386. The molecule has 3 rings (SSSR count). The summed E-state index contributed by atoms with van der Waals surface area (Å²) >= 11 is 6.06. The zero-order valence-electron chi connectivity index (χ0n) is 15.6. The summed E-state index contributed by atoms with van der Waals surface area (Å²) in [6, 6.07) is 11.0. The predicted octanol–water partition coefficient (Wildman–Crippen LogP) is 3.28. The number of hydrogen-bond donors (Lipinski definition) is 0. The Labute approximate surface area is 171 Å². The highest BCUT2D eigenvalue weighted by Gasteiger charge is 2.36. The van der Waals surface area contributed by atoms with Crippen LogP contribution in [0.4, 0.5) is 0 Å².